The van der Waals surface area contributed by atoms with Crippen LogP contribution in [-0.4, -0.2) is 46.5 Å². The lowest BCUT2D eigenvalue weighted by Gasteiger charge is -2.46. The van der Waals surface area contributed by atoms with Crippen molar-refractivity contribution in [3.63, 3.8) is 0 Å². The van der Waals surface area contributed by atoms with Gasteiger partial charge in [0.25, 0.3) is 0 Å². The highest BCUT2D eigenvalue weighted by Crippen LogP contribution is 2.35. The second kappa shape index (κ2) is 5.91. The number of nitrogens with zero attached hydrogens (tertiary/aromatic N) is 3. The van der Waals surface area contributed by atoms with Crippen LogP contribution in [0.5, 0.6) is 0 Å². The van der Waals surface area contributed by atoms with Crippen LogP contribution in [0.25, 0.3) is 0 Å². The van der Waals surface area contributed by atoms with Gasteiger partial charge in [-0.05, 0) is 29.3 Å². The van der Waals surface area contributed by atoms with Crippen molar-refractivity contribution in [1.82, 2.24) is 14.7 Å². The van der Waals surface area contributed by atoms with Crippen molar-refractivity contribution in [2.24, 2.45) is 12.8 Å². The number of aromatic nitrogens is 2. The summed E-state index contributed by atoms with van der Waals surface area (Å²) in [6, 6.07) is -0.0857. The zero-order valence-corrected chi connectivity index (χ0v) is 13.5. The Kier molecular flexibility index (Phi) is 4.66. The lowest BCUT2D eigenvalue weighted by atomic mass is 9.85. The Hall–Kier alpha value is -0.430. The Bertz CT molecular complexity index is 411. The van der Waals surface area contributed by atoms with Gasteiger partial charge in [-0.1, -0.05) is 6.92 Å². The first-order valence-corrected chi connectivity index (χ1v) is 7.55. The highest BCUT2D eigenvalue weighted by molar-refractivity contribution is 9.10. The predicted octanol–water partition coefficient (Wildman–Crippen LogP) is 1.68. The van der Waals surface area contributed by atoms with Gasteiger partial charge in [0, 0.05) is 25.7 Å². The molecule has 0 bridgehead atoms. The molecule has 2 unspecified atom stereocenters. The number of halogens is 1. The van der Waals surface area contributed by atoms with E-state index >= 15 is 0 Å². The molecule has 2 N–H and O–H groups in total. The third kappa shape index (κ3) is 2.72. The molecular weight excluding hydrogens is 308 g/mol. The molecule has 1 aliphatic heterocycles. The zero-order valence-electron chi connectivity index (χ0n) is 11.9. The van der Waals surface area contributed by atoms with E-state index in [0.717, 1.165) is 42.9 Å². The molecule has 1 aliphatic rings. The Morgan fingerprint density at radius 3 is 2.63 bits per heavy atom. The average Bonchev–Trinajstić information content (AvgIpc) is 2.77. The average molecular weight is 331 g/mol. The van der Waals surface area contributed by atoms with Gasteiger partial charge in [-0.25, -0.2) is 0 Å². The molecule has 1 aromatic heterocycles. The lowest BCUT2D eigenvalue weighted by molar-refractivity contribution is -0.0287. The first kappa shape index (κ1) is 15.0. The first-order valence-electron chi connectivity index (χ1n) is 6.76. The molecule has 6 heteroatoms. The summed E-state index contributed by atoms with van der Waals surface area (Å²) < 4.78 is 8.29. The summed E-state index contributed by atoms with van der Waals surface area (Å²) in [6.45, 7) is 7.88. The zero-order chi connectivity index (χ0) is 14.0. The fourth-order valence-corrected chi connectivity index (χ4v) is 3.37. The summed E-state index contributed by atoms with van der Waals surface area (Å²) in [5, 5.41) is 4.28. The molecule has 2 rings (SSSR count). The third-order valence-electron chi connectivity index (χ3n) is 4.35. The van der Waals surface area contributed by atoms with Gasteiger partial charge in [-0.2, -0.15) is 5.10 Å². The van der Waals surface area contributed by atoms with Gasteiger partial charge in [0.15, 0.2) is 0 Å². The van der Waals surface area contributed by atoms with E-state index in [0.29, 0.717) is 0 Å². The second-order valence-electron chi connectivity index (χ2n) is 5.29. The largest absolute Gasteiger partial charge is 0.379 e. The predicted molar refractivity (Wildman–Crippen MR) is 78.9 cm³/mol. The summed E-state index contributed by atoms with van der Waals surface area (Å²) in [7, 11) is 1.94. The van der Waals surface area contributed by atoms with Crippen LogP contribution in [0.3, 0.4) is 0 Å². The van der Waals surface area contributed by atoms with Crippen molar-refractivity contribution in [2.75, 3.05) is 26.3 Å². The standard InChI is InChI=1S/C13H23BrN4O/c1-4-13(2,18-5-7-19-8-6-18)12(15)11-10(14)9-16-17(11)3/h9,12H,4-8,15H2,1-3H3. The normalized spacial score (nSPS) is 22.2. The van der Waals surface area contributed by atoms with E-state index in [9.17, 15) is 0 Å². The summed E-state index contributed by atoms with van der Waals surface area (Å²) in [5.41, 5.74) is 7.56. The molecular formula is C13H23BrN4O. The highest BCUT2D eigenvalue weighted by atomic mass is 79.9. The van der Waals surface area contributed by atoms with Gasteiger partial charge in [0.05, 0.1) is 35.6 Å². The number of rotatable bonds is 4. The van der Waals surface area contributed by atoms with Crippen LogP contribution >= 0.6 is 15.9 Å². The minimum atomic E-state index is -0.0857. The number of hydrogen-bond donors (Lipinski definition) is 1. The Morgan fingerprint density at radius 2 is 2.16 bits per heavy atom. The molecule has 0 spiro atoms. The minimum absolute atomic E-state index is 0.0832. The van der Waals surface area contributed by atoms with Crippen LogP contribution in [-0.2, 0) is 11.8 Å². The topological polar surface area (TPSA) is 56.3 Å². The van der Waals surface area contributed by atoms with Crippen molar-refractivity contribution in [1.29, 1.82) is 0 Å². The van der Waals surface area contributed by atoms with Crippen LogP contribution < -0.4 is 5.73 Å². The molecule has 1 fully saturated rings. The third-order valence-corrected chi connectivity index (χ3v) is 4.96. The van der Waals surface area contributed by atoms with E-state index in [2.05, 4.69) is 39.8 Å². The highest BCUT2D eigenvalue weighted by Gasteiger charge is 2.39. The number of morpholine rings is 1. The monoisotopic (exact) mass is 330 g/mol. The molecule has 0 aromatic carbocycles. The van der Waals surface area contributed by atoms with E-state index in [4.69, 9.17) is 10.5 Å². The van der Waals surface area contributed by atoms with Crippen LogP contribution in [0, 0.1) is 0 Å². The summed E-state index contributed by atoms with van der Waals surface area (Å²) in [5.74, 6) is 0. The van der Waals surface area contributed by atoms with Crippen molar-refractivity contribution in [2.45, 2.75) is 31.8 Å². The van der Waals surface area contributed by atoms with Crippen molar-refractivity contribution >= 4 is 15.9 Å². The van der Waals surface area contributed by atoms with Gasteiger partial charge in [0.2, 0.25) is 0 Å². The number of hydrogen-bond acceptors (Lipinski definition) is 4. The maximum absolute atomic E-state index is 6.59. The fraction of sp³-hybridized carbons (Fsp3) is 0.769. The summed E-state index contributed by atoms with van der Waals surface area (Å²) in [6.07, 6.45) is 2.80. The Balaban J connectivity index is 2.29. The molecule has 1 saturated heterocycles. The Morgan fingerprint density at radius 1 is 1.53 bits per heavy atom. The molecule has 19 heavy (non-hydrogen) atoms. The summed E-state index contributed by atoms with van der Waals surface area (Å²) >= 11 is 3.56. The van der Waals surface area contributed by atoms with E-state index in [-0.39, 0.29) is 11.6 Å². The van der Waals surface area contributed by atoms with Crippen molar-refractivity contribution < 1.29 is 4.74 Å². The quantitative estimate of drug-likeness (QED) is 0.912. The van der Waals surface area contributed by atoms with Crippen LogP contribution in [0.4, 0.5) is 0 Å². The van der Waals surface area contributed by atoms with Gasteiger partial charge in [-0.15, -0.1) is 0 Å². The molecule has 108 valence electrons. The number of nitrogens with two attached hydrogens (primary N) is 1. The summed E-state index contributed by atoms with van der Waals surface area (Å²) in [4.78, 5) is 2.45. The van der Waals surface area contributed by atoms with Crippen molar-refractivity contribution in [3.05, 3.63) is 16.4 Å². The van der Waals surface area contributed by atoms with E-state index in [1.54, 1.807) is 0 Å². The maximum atomic E-state index is 6.59. The maximum Gasteiger partial charge on any atom is 0.0709 e. The SMILES string of the molecule is CCC(C)(C(N)c1c(Br)cnn1C)N1CCOCC1. The van der Waals surface area contributed by atoms with Gasteiger partial charge in [-0.3, -0.25) is 9.58 Å². The molecule has 2 atom stereocenters. The van der Waals surface area contributed by atoms with Gasteiger partial charge >= 0.3 is 0 Å². The fourth-order valence-electron chi connectivity index (χ4n) is 2.78. The van der Waals surface area contributed by atoms with Crippen LogP contribution in [0.1, 0.15) is 32.0 Å². The molecule has 2 heterocycles. The van der Waals surface area contributed by atoms with Crippen molar-refractivity contribution in [3.8, 4) is 0 Å². The van der Waals surface area contributed by atoms with Crippen LogP contribution in [0.15, 0.2) is 10.7 Å². The van der Waals surface area contributed by atoms with E-state index in [1.165, 1.54) is 0 Å². The van der Waals surface area contributed by atoms with E-state index < -0.39 is 0 Å². The smallest absolute Gasteiger partial charge is 0.0709 e. The molecule has 5 nitrogen and oxygen atoms in total. The second-order valence-corrected chi connectivity index (χ2v) is 6.14. The number of ether oxygens (including phenoxy) is 1. The van der Waals surface area contributed by atoms with Crippen LogP contribution in [0.2, 0.25) is 0 Å². The van der Waals surface area contributed by atoms with E-state index in [1.807, 2.05) is 17.9 Å². The minimum Gasteiger partial charge on any atom is -0.379 e. The molecule has 0 aliphatic carbocycles. The lowest BCUT2D eigenvalue weighted by Crippen LogP contribution is -2.57. The molecule has 0 radical (unpaired) electrons. The number of aryl methyl sites for hydroxylation is 1. The Labute approximate surface area is 123 Å². The van der Waals surface area contributed by atoms with Gasteiger partial charge < -0.3 is 10.5 Å². The molecule has 0 amide bonds. The first-order chi connectivity index (χ1) is 9.00. The molecule has 0 saturated carbocycles. The molecule has 1 aromatic rings. The van der Waals surface area contributed by atoms with Gasteiger partial charge in [0.1, 0.15) is 0 Å².